The van der Waals surface area contributed by atoms with E-state index >= 15 is 0 Å². The fourth-order valence-corrected chi connectivity index (χ4v) is 1.17. The number of carbonyl (C=O) groups excluding carboxylic acids is 2. The second-order valence-electron chi connectivity index (χ2n) is 3.03. The fourth-order valence-electron chi connectivity index (χ4n) is 0.982. The maximum Gasteiger partial charge on any atom is 0.331 e. The van der Waals surface area contributed by atoms with Crippen molar-refractivity contribution in [3.63, 3.8) is 0 Å². The Kier molecular flexibility index (Phi) is 5.50. The van der Waals surface area contributed by atoms with E-state index in [1.54, 1.807) is 0 Å². The van der Waals surface area contributed by atoms with Gasteiger partial charge in [-0.2, -0.15) is 0 Å². The molecule has 16 heavy (non-hydrogen) atoms. The molecule has 4 heteroatoms. The van der Waals surface area contributed by atoms with Crippen LogP contribution in [-0.4, -0.2) is 17.1 Å². The Hall–Kier alpha value is -1.42. The van der Waals surface area contributed by atoms with Crippen molar-refractivity contribution < 1.29 is 14.3 Å². The summed E-state index contributed by atoms with van der Waals surface area (Å²) in [5.74, 6) is -0.685. The highest BCUT2D eigenvalue weighted by atomic mass is 79.9. The number of carbonyl (C=O) groups is 2. The molecule has 84 valence electrons. The monoisotopic (exact) mass is 282 g/mol. The van der Waals surface area contributed by atoms with Gasteiger partial charge in [-0.1, -0.05) is 46.3 Å². The van der Waals surface area contributed by atoms with Gasteiger partial charge in [0.05, 0.1) is 5.33 Å². The van der Waals surface area contributed by atoms with Gasteiger partial charge in [-0.3, -0.25) is 4.79 Å². The number of benzene rings is 1. The fraction of sp³-hybridized carbons (Fsp3) is 0.167. The van der Waals surface area contributed by atoms with Crippen molar-refractivity contribution in [2.75, 3.05) is 5.33 Å². The summed E-state index contributed by atoms with van der Waals surface area (Å²) in [6, 6.07) is 9.35. The van der Waals surface area contributed by atoms with E-state index in [1.165, 1.54) is 6.08 Å². The molecule has 1 aromatic carbocycles. The number of alkyl halides is 1. The van der Waals surface area contributed by atoms with Crippen molar-refractivity contribution in [2.24, 2.45) is 0 Å². The van der Waals surface area contributed by atoms with E-state index in [2.05, 4.69) is 15.9 Å². The Balaban J connectivity index is 2.36. The van der Waals surface area contributed by atoms with Gasteiger partial charge in [-0.25, -0.2) is 4.79 Å². The molecule has 0 radical (unpaired) electrons. The number of hydrogen-bond acceptors (Lipinski definition) is 3. The first-order valence-electron chi connectivity index (χ1n) is 4.70. The van der Waals surface area contributed by atoms with Crippen LogP contribution in [0.5, 0.6) is 0 Å². The van der Waals surface area contributed by atoms with Crippen LogP contribution in [0.1, 0.15) is 5.56 Å². The lowest BCUT2D eigenvalue weighted by atomic mass is 10.2. The number of hydrogen-bond donors (Lipinski definition) is 0. The van der Waals surface area contributed by atoms with Gasteiger partial charge in [0.25, 0.3) is 0 Å². The average Bonchev–Trinajstić information content (AvgIpc) is 2.34. The molecule has 1 aromatic rings. The predicted octanol–water partition coefficient (Wildman–Crippen LogP) is 2.25. The Labute approximate surface area is 102 Å². The number of ketones is 1. The molecule has 0 aliphatic rings. The molecule has 0 saturated heterocycles. The predicted molar refractivity (Wildman–Crippen MR) is 64.2 cm³/mol. The van der Waals surface area contributed by atoms with Crippen LogP contribution >= 0.6 is 15.9 Å². The standard InChI is InChI=1S/C12H11BrO3/c13-8-11(14)6-7-12(15)16-9-10-4-2-1-3-5-10/h1-7H,8-9H2/b7-6+. The zero-order chi connectivity index (χ0) is 11.8. The van der Waals surface area contributed by atoms with Crippen molar-refractivity contribution in [1.29, 1.82) is 0 Å². The molecular weight excluding hydrogens is 272 g/mol. The molecule has 0 heterocycles. The van der Waals surface area contributed by atoms with E-state index in [0.717, 1.165) is 11.6 Å². The lowest BCUT2D eigenvalue weighted by molar-refractivity contribution is -0.139. The van der Waals surface area contributed by atoms with Gasteiger partial charge in [0, 0.05) is 6.08 Å². The minimum absolute atomic E-state index is 0.170. The Morgan fingerprint density at radius 3 is 2.50 bits per heavy atom. The third-order valence-electron chi connectivity index (χ3n) is 1.76. The molecule has 3 nitrogen and oxygen atoms in total. The van der Waals surface area contributed by atoms with E-state index in [-0.39, 0.29) is 17.7 Å². The molecule has 0 fully saturated rings. The molecule has 0 aliphatic carbocycles. The van der Waals surface area contributed by atoms with Crippen LogP contribution in [0.3, 0.4) is 0 Å². The van der Waals surface area contributed by atoms with Gasteiger partial charge in [-0.15, -0.1) is 0 Å². The van der Waals surface area contributed by atoms with Crippen LogP contribution < -0.4 is 0 Å². The smallest absolute Gasteiger partial charge is 0.331 e. The molecule has 0 spiro atoms. The molecule has 0 unspecified atom stereocenters. The van der Waals surface area contributed by atoms with Gasteiger partial charge in [-0.05, 0) is 11.6 Å². The van der Waals surface area contributed by atoms with Gasteiger partial charge in [0.15, 0.2) is 5.78 Å². The van der Waals surface area contributed by atoms with Crippen LogP contribution in [0, 0.1) is 0 Å². The number of ether oxygens (including phenoxy) is 1. The van der Waals surface area contributed by atoms with Gasteiger partial charge in [0.2, 0.25) is 0 Å². The SMILES string of the molecule is O=C(/C=C/C(=O)OCc1ccccc1)CBr. The normalized spacial score (nSPS) is 10.3. The van der Waals surface area contributed by atoms with E-state index in [1.807, 2.05) is 30.3 Å². The molecule has 0 aromatic heterocycles. The maximum atomic E-state index is 11.2. The zero-order valence-electron chi connectivity index (χ0n) is 8.56. The number of esters is 1. The highest BCUT2D eigenvalue weighted by Crippen LogP contribution is 2.00. The Morgan fingerprint density at radius 2 is 1.88 bits per heavy atom. The summed E-state index contributed by atoms with van der Waals surface area (Å²) in [6.07, 6.45) is 2.33. The molecular formula is C12H11BrO3. The lowest BCUT2D eigenvalue weighted by Crippen LogP contribution is -2.02. The van der Waals surface area contributed by atoms with Crippen LogP contribution in [-0.2, 0) is 20.9 Å². The van der Waals surface area contributed by atoms with Crippen molar-refractivity contribution in [2.45, 2.75) is 6.61 Å². The highest BCUT2D eigenvalue weighted by molar-refractivity contribution is 9.09. The van der Waals surface area contributed by atoms with Crippen LogP contribution in [0.15, 0.2) is 42.5 Å². The molecule has 0 atom stereocenters. The molecule has 0 bridgehead atoms. The van der Waals surface area contributed by atoms with Crippen LogP contribution in [0.25, 0.3) is 0 Å². The average molecular weight is 283 g/mol. The zero-order valence-corrected chi connectivity index (χ0v) is 10.1. The second-order valence-corrected chi connectivity index (χ2v) is 3.59. The lowest BCUT2D eigenvalue weighted by Gasteiger charge is -2.00. The summed E-state index contributed by atoms with van der Waals surface area (Å²) < 4.78 is 4.93. The van der Waals surface area contributed by atoms with E-state index in [0.29, 0.717) is 0 Å². The van der Waals surface area contributed by atoms with E-state index in [4.69, 9.17) is 4.74 Å². The summed E-state index contributed by atoms with van der Waals surface area (Å²) in [7, 11) is 0. The molecule has 1 rings (SSSR count). The number of halogens is 1. The minimum atomic E-state index is -0.516. The van der Waals surface area contributed by atoms with Crippen molar-refractivity contribution in [1.82, 2.24) is 0 Å². The van der Waals surface area contributed by atoms with Crippen LogP contribution in [0.4, 0.5) is 0 Å². The number of allylic oxidation sites excluding steroid dienone is 1. The van der Waals surface area contributed by atoms with E-state index in [9.17, 15) is 9.59 Å². The highest BCUT2D eigenvalue weighted by Gasteiger charge is 1.99. The largest absolute Gasteiger partial charge is 0.458 e. The summed E-state index contributed by atoms with van der Waals surface area (Å²) in [5, 5.41) is 0.204. The Bertz CT molecular complexity index is 385. The summed E-state index contributed by atoms with van der Waals surface area (Å²) in [6.45, 7) is 0.215. The van der Waals surface area contributed by atoms with E-state index < -0.39 is 5.97 Å². The Morgan fingerprint density at radius 1 is 1.19 bits per heavy atom. The minimum Gasteiger partial charge on any atom is -0.458 e. The molecule has 0 N–H and O–H groups in total. The summed E-state index contributed by atoms with van der Waals surface area (Å²) >= 11 is 2.99. The third-order valence-corrected chi connectivity index (χ3v) is 2.31. The second kappa shape index (κ2) is 6.95. The first kappa shape index (κ1) is 12.6. The molecule has 0 amide bonds. The first-order valence-corrected chi connectivity index (χ1v) is 5.82. The van der Waals surface area contributed by atoms with Gasteiger partial charge in [0.1, 0.15) is 6.61 Å². The molecule has 0 aliphatic heterocycles. The molecule has 0 saturated carbocycles. The van der Waals surface area contributed by atoms with Crippen molar-refractivity contribution in [3.05, 3.63) is 48.0 Å². The maximum absolute atomic E-state index is 11.2. The topological polar surface area (TPSA) is 43.4 Å². The summed E-state index contributed by atoms with van der Waals surface area (Å²) in [5.41, 5.74) is 0.913. The van der Waals surface area contributed by atoms with Gasteiger partial charge >= 0.3 is 5.97 Å². The van der Waals surface area contributed by atoms with Gasteiger partial charge < -0.3 is 4.74 Å². The number of rotatable bonds is 5. The summed E-state index contributed by atoms with van der Waals surface area (Å²) in [4.78, 5) is 22.0. The first-order chi connectivity index (χ1) is 7.72. The van der Waals surface area contributed by atoms with Crippen molar-refractivity contribution in [3.8, 4) is 0 Å². The van der Waals surface area contributed by atoms with Crippen LogP contribution in [0.2, 0.25) is 0 Å². The van der Waals surface area contributed by atoms with Crippen molar-refractivity contribution >= 4 is 27.7 Å². The third kappa shape index (κ3) is 4.89. The quantitative estimate of drug-likeness (QED) is 0.473.